The van der Waals surface area contributed by atoms with Gasteiger partial charge in [-0.15, -0.1) is 0 Å². The van der Waals surface area contributed by atoms with Gasteiger partial charge in [0.25, 0.3) is 0 Å². The van der Waals surface area contributed by atoms with Crippen molar-refractivity contribution in [2.45, 2.75) is 13.0 Å². The molecule has 2 aromatic carbocycles. The van der Waals surface area contributed by atoms with E-state index in [2.05, 4.69) is 15.9 Å². The molecule has 0 atom stereocenters. The second kappa shape index (κ2) is 8.80. The van der Waals surface area contributed by atoms with Gasteiger partial charge in [0.1, 0.15) is 31.3 Å². The Labute approximate surface area is 160 Å². The number of ether oxygens (including phenoxy) is 5. The van der Waals surface area contributed by atoms with Gasteiger partial charge in [-0.1, -0.05) is 15.9 Å². The standard InChI is InChI=1S/C19H19BrO6/c1-22-14-2-4-15(5-3-14)23-7-6-19(21)26-12-13-10-17-18(11-16(13)20)25-9-8-24-17/h2-5,10-11H,6-9,12H2,1H3. The minimum absolute atomic E-state index is 0.151. The van der Waals surface area contributed by atoms with E-state index >= 15 is 0 Å². The number of fused-ring (bicyclic) bond motifs is 1. The van der Waals surface area contributed by atoms with Gasteiger partial charge in [0, 0.05) is 10.0 Å². The van der Waals surface area contributed by atoms with Crippen molar-refractivity contribution in [3.8, 4) is 23.0 Å². The first-order chi connectivity index (χ1) is 12.7. The van der Waals surface area contributed by atoms with Crippen LogP contribution >= 0.6 is 15.9 Å². The molecule has 0 bridgehead atoms. The zero-order chi connectivity index (χ0) is 18.4. The van der Waals surface area contributed by atoms with E-state index in [0.29, 0.717) is 30.5 Å². The van der Waals surface area contributed by atoms with Crippen LogP contribution in [0.3, 0.4) is 0 Å². The van der Waals surface area contributed by atoms with Crippen molar-refractivity contribution in [2.24, 2.45) is 0 Å². The van der Waals surface area contributed by atoms with Crippen LogP contribution in [0.15, 0.2) is 40.9 Å². The average Bonchev–Trinajstić information content (AvgIpc) is 2.67. The first-order valence-corrected chi connectivity index (χ1v) is 8.95. The van der Waals surface area contributed by atoms with E-state index in [1.54, 1.807) is 31.4 Å². The lowest BCUT2D eigenvalue weighted by Gasteiger charge is -2.19. The van der Waals surface area contributed by atoms with Gasteiger partial charge in [-0.25, -0.2) is 0 Å². The van der Waals surface area contributed by atoms with Crippen molar-refractivity contribution in [2.75, 3.05) is 26.9 Å². The third-order valence-corrected chi connectivity index (χ3v) is 4.47. The maximum atomic E-state index is 11.9. The summed E-state index contributed by atoms with van der Waals surface area (Å²) in [6, 6.07) is 10.8. The van der Waals surface area contributed by atoms with Gasteiger partial charge in [0.15, 0.2) is 11.5 Å². The Bertz CT molecular complexity index is 759. The number of benzene rings is 2. The van der Waals surface area contributed by atoms with E-state index in [4.69, 9.17) is 23.7 Å². The van der Waals surface area contributed by atoms with Crippen LogP contribution in [0.5, 0.6) is 23.0 Å². The molecule has 0 N–H and O–H groups in total. The van der Waals surface area contributed by atoms with Gasteiger partial charge in [-0.05, 0) is 36.4 Å². The van der Waals surface area contributed by atoms with Crippen LogP contribution in [0.25, 0.3) is 0 Å². The van der Waals surface area contributed by atoms with E-state index in [1.165, 1.54) is 0 Å². The molecule has 1 heterocycles. The van der Waals surface area contributed by atoms with Crippen LogP contribution in [0, 0.1) is 0 Å². The van der Waals surface area contributed by atoms with E-state index in [9.17, 15) is 4.79 Å². The molecule has 26 heavy (non-hydrogen) atoms. The SMILES string of the molecule is COc1ccc(OCCC(=O)OCc2cc3c(cc2Br)OCCO3)cc1. The molecule has 6 nitrogen and oxygen atoms in total. The van der Waals surface area contributed by atoms with Gasteiger partial charge in [0.05, 0.1) is 20.1 Å². The van der Waals surface area contributed by atoms with Crippen LogP contribution in [0.2, 0.25) is 0 Å². The Morgan fingerprint density at radius 2 is 1.73 bits per heavy atom. The Kier molecular flexibility index (Phi) is 6.22. The summed E-state index contributed by atoms with van der Waals surface area (Å²) < 4.78 is 27.8. The molecule has 0 radical (unpaired) electrons. The number of methoxy groups -OCH3 is 1. The normalized spacial score (nSPS) is 12.4. The topological polar surface area (TPSA) is 63.2 Å². The average molecular weight is 423 g/mol. The summed E-state index contributed by atoms with van der Waals surface area (Å²) in [7, 11) is 1.60. The molecule has 0 fully saturated rings. The third-order valence-electron chi connectivity index (χ3n) is 3.73. The highest BCUT2D eigenvalue weighted by molar-refractivity contribution is 9.10. The number of carbonyl (C=O) groups is 1. The first kappa shape index (κ1) is 18.4. The van der Waals surface area contributed by atoms with Crippen LogP contribution in [0.4, 0.5) is 0 Å². The predicted molar refractivity (Wildman–Crippen MR) is 98.0 cm³/mol. The van der Waals surface area contributed by atoms with E-state index in [1.807, 2.05) is 12.1 Å². The maximum Gasteiger partial charge on any atom is 0.309 e. The van der Waals surface area contributed by atoms with Gasteiger partial charge in [0.2, 0.25) is 0 Å². The summed E-state index contributed by atoms with van der Waals surface area (Å²) in [6.45, 7) is 1.44. The zero-order valence-corrected chi connectivity index (χ0v) is 15.9. The maximum absolute atomic E-state index is 11.9. The quantitative estimate of drug-likeness (QED) is 0.633. The largest absolute Gasteiger partial charge is 0.497 e. The molecule has 0 unspecified atom stereocenters. The molecule has 138 valence electrons. The summed E-state index contributed by atoms with van der Waals surface area (Å²) in [6.07, 6.45) is 0.161. The Morgan fingerprint density at radius 3 is 2.42 bits per heavy atom. The van der Waals surface area contributed by atoms with Crippen molar-refractivity contribution in [1.82, 2.24) is 0 Å². The molecule has 1 aliphatic rings. The minimum Gasteiger partial charge on any atom is -0.497 e. The van der Waals surface area contributed by atoms with Crippen molar-refractivity contribution in [1.29, 1.82) is 0 Å². The molecular formula is C19H19BrO6. The number of carbonyl (C=O) groups excluding carboxylic acids is 1. The Morgan fingerprint density at radius 1 is 1.08 bits per heavy atom. The summed E-state index contributed by atoms with van der Waals surface area (Å²) in [5.74, 6) is 2.44. The summed E-state index contributed by atoms with van der Waals surface area (Å²) in [5, 5.41) is 0. The number of esters is 1. The monoisotopic (exact) mass is 422 g/mol. The lowest BCUT2D eigenvalue weighted by atomic mass is 10.2. The molecule has 7 heteroatoms. The molecule has 0 aromatic heterocycles. The lowest BCUT2D eigenvalue weighted by molar-refractivity contribution is -0.145. The number of rotatable bonds is 7. The first-order valence-electron chi connectivity index (χ1n) is 8.16. The van der Waals surface area contributed by atoms with Gasteiger partial charge < -0.3 is 23.7 Å². The van der Waals surface area contributed by atoms with Crippen molar-refractivity contribution < 1.29 is 28.5 Å². The third kappa shape index (κ3) is 4.82. The summed E-state index contributed by atoms with van der Waals surface area (Å²) >= 11 is 3.46. The predicted octanol–water partition coefficient (Wildman–Crippen LogP) is 3.74. The number of halogens is 1. The molecule has 0 saturated heterocycles. The molecule has 0 aliphatic carbocycles. The summed E-state index contributed by atoms with van der Waals surface area (Å²) in [4.78, 5) is 11.9. The molecule has 0 amide bonds. The molecule has 3 rings (SSSR count). The fourth-order valence-electron chi connectivity index (χ4n) is 2.37. The fraction of sp³-hybridized carbons (Fsp3) is 0.316. The van der Waals surface area contributed by atoms with E-state index in [-0.39, 0.29) is 25.6 Å². The number of hydrogen-bond acceptors (Lipinski definition) is 6. The van der Waals surface area contributed by atoms with E-state index < -0.39 is 0 Å². The van der Waals surface area contributed by atoms with Gasteiger partial charge in [-0.2, -0.15) is 0 Å². The highest BCUT2D eigenvalue weighted by atomic mass is 79.9. The van der Waals surface area contributed by atoms with Crippen LogP contribution in [-0.4, -0.2) is 32.9 Å². The Hall–Kier alpha value is -2.41. The lowest BCUT2D eigenvalue weighted by Crippen LogP contribution is -2.16. The zero-order valence-electron chi connectivity index (χ0n) is 14.3. The molecule has 1 aliphatic heterocycles. The van der Waals surface area contributed by atoms with Crippen molar-refractivity contribution in [3.05, 3.63) is 46.4 Å². The van der Waals surface area contributed by atoms with Crippen molar-refractivity contribution in [3.63, 3.8) is 0 Å². The molecule has 2 aromatic rings. The van der Waals surface area contributed by atoms with Crippen LogP contribution in [-0.2, 0) is 16.1 Å². The second-order valence-electron chi connectivity index (χ2n) is 5.52. The second-order valence-corrected chi connectivity index (χ2v) is 6.38. The highest BCUT2D eigenvalue weighted by Crippen LogP contribution is 2.35. The molecule has 0 spiro atoms. The molecular weight excluding hydrogens is 404 g/mol. The minimum atomic E-state index is -0.333. The Balaban J connectivity index is 1.45. The van der Waals surface area contributed by atoms with Crippen LogP contribution in [0.1, 0.15) is 12.0 Å². The number of hydrogen-bond donors (Lipinski definition) is 0. The van der Waals surface area contributed by atoms with E-state index in [0.717, 1.165) is 15.8 Å². The fourth-order valence-corrected chi connectivity index (χ4v) is 2.81. The smallest absolute Gasteiger partial charge is 0.309 e. The summed E-state index contributed by atoms with van der Waals surface area (Å²) in [5.41, 5.74) is 0.818. The molecule has 0 saturated carbocycles. The highest BCUT2D eigenvalue weighted by Gasteiger charge is 2.16. The van der Waals surface area contributed by atoms with Gasteiger partial charge in [-0.3, -0.25) is 4.79 Å². The van der Waals surface area contributed by atoms with Gasteiger partial charge >= 0.3 is 5.97 Å². The van der Waals surface area contributed by atoms with Crippen LogP contribution < -0.4 is 18.9 Å². The van der Waals surface area contributed by atoms with Crippen molar-refractivity contribution >= 4 is 21.9 Å².